The van der Waals surface area contributed by atoms with Gasteiger partial charge >= 0.3 is 0 Å². The number of hydrogen-bond acceptors (Lipinski definition) is 4. The minimum atomic E-state index is -0.820. The largest absolute Gasteiger partial charge is 0.370 e. The van der Waals surface area contributed by atoms with Crippen LogP contribution in [0.25, 0.3) is 10.4 Å². The van der Waals surface area contributed by atoms with E-state index >= 15 is 0 Å². The third kappa shape index (κ3) is 4.58. The highest BCUT2D eigenvalue weighted by molar-refractivity contribution is 5.95. The topological polar surface area (TPSA) is 84.3 Å². The number of azide groups is 1. The van der Waals surface area contributed by atoms with Crippen molar-refractivity contribution in [2.24, 2.45) is 5.11 Å². The van der Waals surface area contributed by atoms with E-state index < -0.39 is 18.2 Å². The first kappa shape index (κ1) is 17.9. The van der Waals surface area contributed by atoms with Crippen LogP contribution >= 0.6 is 0 Å². The van der Waals surface area contributed by atoms with Crippen LogP contribution in [0, 0.1) is 0 Å². The van der Waals surface area contributed by atoms with Gasteiger partial charge < -0.3 is 9.47 Å². The molecule has 2 aromatic carbocycles. The summed E-state index contributed by atoms with van der Waals surface area (Å²) in [6.07, 6.45) is 1.48. The monoisotopic (exact) mass is 349 g/mol. The van der Waals surface area contributed by atoms with Crippen LogP contribution in [0.3, 0.4) is 0 Å². The number of hydrogen-bond donors (Lipinski definition) is 0. The van der Waals surface area contributed by atoms with Crippen molar-refractivity contribution >= 4 is 5.78 Å². The van der Waals surface area contributed by atoms with Crippen LogP contribution in [0.1, 0.15) is 11.1 Å². The van der Waals surface area contributed by atoms with E-state index in [1.165, 1.54) is 6.08 Å². The lowest BCUT2D eigenvalue weighted by molar-refractivity contribution is -0.143. The fourth-order valence-corrected chi connectivity index (χ4v) is 2.79. The number of ketones is 1. The number of ether oxygens (including phenoxy) is 2. The molecule has 1 aliphatic carbocycles. The number of carbonyl (C=O) groups is 1. The third-order valence-electron chi connectivity index (χ3n) is 4.12. The molecule has 0 radical (unpaired) electrons. The zero-order valence-electron chi connectivity index (χ0n) is 14.1. The fraction of sp³-hybridized carbons (Fsp3) is 0.250. The van der Waals surface area contributed by atoms with Gasteiger partial charge in [-0.25, -0.2) is 0 Å². The molecule has 0 aromatic heterocycles. The van der Waals surface area contributed by atoms with Crippen LogP contribution in [0.15, 0.2) is 77.9 Å². The van der Waals surface area contributed by atoms with Crippen LogP contribution < -0.4 is 0 Å². The van der Waals surface area contributed by atoms with Gasteiger partial charge in [-0.1, -0.05) is 71.9 Å². The zero-order valence-corrected chi connectivity index (χ0v) is 14.1. The quantitative estimate of drug-likeness (QED) is 0.430. The molecule has 0 spiro atoms. The summed E-state index contributed by atoms with van der Waals surface area (Å²) in [5.41, 5.74) is 10.7. The van der Waals surface area contributed by atoms with Gasteiger partial charge in [-0.3, -0.25) is 4.79 Å². The van der Waals surface area contributed by atoms with Crippen molar-refractivity contribution in [3.63, 3.8) is 0 Å². The van der Waals surface area contributed by atoms with Crippen molar-refractivity contribution in [1.29, 1.82) is 0 Å². The van der Waals surface area contributed by atoms with Crippen LogP contribution in [0.4, 0.5) is 0 Å². The van der Waals surface area contributed by atoms with Gasteiger partial charge in [0.05, 0.1) is 19.3 Å². The molecule has 0 unspecified atom stereocenters. The Morgan fingerprint density at radius 3 is 2.08 bits per heavy atom. The Morgan fingerprint density at radius 2 is 1.50 bits per heavy atom. The van der Waals surface area contributed by atoms with E-state index in [0.29, 0.717) is 6.61 Å². The predicted molar refractivity (Wildman–Crippen MR) is 97.1 cm³/mol. The van der Waals surface area contributed by atoms with Crippen LogP contribution in [0.2, 0.25) is 0 Å². The normalized spacial score (nSPS) is 22.0. The molecule has 0 heterocycles. The van der Waals surface area contributed by atoms with Gasteiger partial charge in [-0.15, -0.1) is 0 Å². The van der Waals surface area contributed by atoms with E-state index in [1.807, 2.05) is 60.7 Å². The van der Waals surface area contributed by atoms with Crippen LogP contribution in [-0.2, 0) is 27.5 Å². The van der Waals surface area contributed by atoms with Crippen LogP contribution in [-0.4, -0.2) is 24.0 Å². The highest BCUT2D eigenvalue weighted by Gasteiger charge is 2.37. The van der Waals surface area contributed by atoms with Crippen molar-refractivity contribution < 1.29 is 14.3 Å². The van der Waals surface area contributed by atoms with Gasteiger partial charge in [0.1, 0.15) is 12.2 Å². The van der Waals surface area contributed by atoms with Gasteiger partial charge in [-0.2, -0.15) is 0 Å². The molecule has 1 aliphatic rings. The standard InChI is InChI=1S/C20H19N3O3/c21-23-22-17-11-12-18(24)20(26-14-16-9-5-2-6-10-16)19(17)25-13-15-7-3-1-4-8-15/h1-12,17,19-20H,13-14H2/t17-,19+,20+/m0/s1. The third-order valence-corrected chi connectivity index (χ3v) is 4.12. The summed E-state index contributed by atoms with van der Waals surface area (Å²) >= 11 is 0. The van der Waals surface area contributed by atoms with E-state index in [4.69, 9.17) is 15.0 Å². The maximum absolute atomic E-state index is 12.4. The second-order valence-electron chi connectivity index (χ2n) is 5.94. The van der Waals surface area contributed by atoms with E-state index in [1.54, 1.807) is 6.08 Å². The van der Waals surface area contributed by atoms with Crippen molar-refractivity contribution in [2.45, 2.75) is 31.5 Å². The Morgan fingerprint density at radius 1 is 0.923 bits per heavy atom. The summed E-state index contributed by atoms with van der Waals surface area (Å²) in [5, 5.41) is 3.75. The molecular weight excluding hydrogens is 330 g/mol. The second kappa shape index (κ2) is 8.97. The van der Waals surface area contributed by atoms with Crippen molar-refractivity contribution in [3.05, 3.63) is 94.4 Å². The van der Waals surface area contributed by atoms with Gasteiger partial charge in [0, 0.05) is 4.91 Å². The fourth-order valence-electron chi connectivity index (χ4n) is 2.79. The molecule has 0 amide bonds. The Kier molecular flexibility index (Phi) is 6.17. The van der Waals surface area contributed by atoms with Gasteiger partial charge in [-0.05, 0) is 22.7 Å². The molecule has 26 heavy (non-hydrogen) atoms. The Bertz CT molecular complexity index is 802. The number of benzene rings is 2. The summed E-state index contributed by atoms with van der Waals surface area (Å²) in [7, 11) is 0. The molecular formula is C20H19N3O3. The highest BCUT2D eigenvalue weighted by Crippen LogP contribution is 2.22. The van der Waals surface area contributed by atoms with Gasteiger partial charge in [0.25, 0.3) is 0 Å². The number of nitrogens with zero attached hydrogens (tertiary/aromatic N) is 3. The maximum atomic E-state index is 12.4. The smallest absolute Gasteiger partial charge is 0.186 e. The summed E-state index contributed by atoms with van der Waals surface area (Å²) in [6.45, 7) is 0.578. The molecule has 6 heteroatoms. The van der Waals surface area contributed by atoms with E-state index in [0.717, 1.165) is 11.1 Å². The highest BCUT2D eigenvalue weighted by atomic mass is 16.5. The summed E-state index contributed by atoms with van der Waals surface area (Å²) in [4.78, 5) is 15.2. The first-order chi connectivity index (χ1) is 12.8. The lowest BCUT2D eigenvalue weighted by Gasteiger charge is -2.31. The Balaban J connectivity index is 1.74. The molecule has 0 fully saturated rings. The second-order valence-corrected chi connectivity index (χ2v) is 5.94. The molecule has 3 atom stereocenters. The van der Waals surface area contributed by atoms with E-state index in [9.17, 15) is 4.79 Å². The first-order valence-corrected chi connectivity index (χ1v) is 8.35. The Hall–Kier alpha value is -2.92. The maximum Gasteiger partial charge on any atom is 0.186 e. The predicted octanol–water partition coefficient (Wildman–Crippen LogP) is 3.98. The SMILES string of the molecule is [N-]=[N+]=N[C@H]1C=CC(=O)[C@@H](OCc2ccccc2)[C@@H]1OCc1ccccc1. The molecule has 0 aliphatic heterocycles. The Labute approximate surface area is 151 Å². The van der Waals surface area contributed by atoms with E-state index in [2.05, 4.69) is 10.0 Å². The van der Waals surface area contributed by atoms with Crippen LogP contribution in [0.5, 0.6) is 0 Å². The van der Waals surface area contributed by atoms with Gasteiger partial charge in [0.15, 0.2) is 5.78 Å². The molecule has 0 bridgehead atoms. The first-order valence-electron chi connectivity index (χ1n) is 8.35. The number of rotatable bonds is 7. The minimum Gasteiger partial charge on any atom is -0.370 e. The molecule has 0 saturated carbocycles. The molecule has 3 rings (SSSR count). The summed E-state index contributed by atoms with van der Waals surface area (Å²) in [5.74, 6) is -0.191. The lowest BCUT2D eigenvalue weighted by Crippen LogP contribution is -2.46. The van der Waals surface area contributed by atoms with Crippen molar-refractivity contribution in [3.8, 4) is 0 Å². The molecule has 6 nitrogen and oxygen atoms in total. The minimum absolute atomic E-state index is 0.191. The summed E-state index contributed by atoms with van der Waals surface area (Å²) < 4.78 is 11.8. The molecule has 132 valence electrons. The molecule has 2 aromatic rings. The number of carbonyl (C=O) groups excluding carboxylic acids is 1. The average molecular weight is 349 g/mol. The lowest BCUT2D eigenvalue weighted by atomic mass is 9.95. The molecule has 0 saturated heterocycles. The van der Waals surface area contributed by atoms with Crippen molar-refractivity contribution in [1.82, 2.24) is 0 Å². The van der Waals surface area contributed by atoms with E-state index in [-0.39, 0.29) is 12.4 Å². The van der Waals surface area contributed by atoms with Gasteiger partial charge in [0.2, 0.25) is 0 Å². The van der Waals surface area contributed by atoms with Crippen molar-refractivity contribution in [2.75, 3.05) is 0 Å². The average Bonchev–Trinajstić information content (AvgIpc) is 2.69. The zero-order chi connectivity index (χ0) is 18.2. The summed E-state index contributed by atoms with van der Waals surface area (Å²) in [6, 6.07) is 18.6. The molecule has 0 N–H and O–H groups in total.